The quantitative estimate of drug-likeness (QED) is 0.550. The SMILES string of the molecule is CN(C)C[C@@H](OC(=O)N1Cc2c(Nc3ccnc(C#N)n3)n[nH]c2C1(C)C)c1ccccc1.S. The van der Waals surface area contributed by atoms with Crippen LogP contribution < -0.4 is 5.32 Å². The molecule has 0 fully saturated rings. The highest BCUT2D eigenvalue weighted by Gasteiger charge is 2.45. The fraction of sp³-hybridized carbons (Fsp3) is 0.348. The Morgan fingerprint density at radius 2 is 2.06 bits per heavy atom. The van der Waals surface area contributed by atoms with Crippen LogP contribution in [0.5, 0.6) is 0 Å². The third kappa shape index (κ3) is 4.98. The van der Waals surface area contributed by atoms with E-state index in [1.165, 1.54) is 6.20 Å². The van der Waals surface area contributed by atoms with Gasteiger partial charge in [-0.2, -0.15) is 23.9 Å². The van der Waals surface area contributed by atoms with E-state index in [1.807, 2.05) is 69.2 Å². The van der Waals surface area contributed by atoms with Crippen molar-refractivity contribution in [2.24, 2.45) is 0 Å². The summed E-state index contributed by atoms with van der Waals surface area (Å²) in [5, 5.41) is 19.6. The normalized spacial score (nSPS) is 14.6. The molecule has 1 amide bonds. The summed E-state index contributed by atoms with van der Waals surface area (Å²) < 4.78 is 5.99. The Kier molecular flexibility index (Phi) is 7.44. The first-order chi connectivity index (χ1) is 15.8. The maximum Gasteiger partial charge on any atom is 0.411 e. The third-order valence-electron chi connectivity index (χ3n) is 5.64. The third-order valence-corrected chi connectivity index (χ3v) is 5.64. The van der Waals surface area contributed by atoms with Crippen molar-refractivity contribution in [1.29, 1.82) is 5.26 Å². The summed E-state index contributed by atoms with van der Waals surface area (Å²) >= 11 is 0. The van der Waals surface area contributed by atoms with Crippen molar-refractivity contribution < 1.29 is 9.53 Å². The Morgan fingerprint density at radius 3 is 2.74 bits per heavy atom. The van der Waals surface area contributed by atoms with Crippen LogP contribution in [0.4, 0.5) is 16.4 Å². The van der Waals surface area contributed by atoms with Crippen LogP contribution >= 0.6 is 13.5 Å². The highest BCUT2D eigenvalue weighted by atomic mass is 32.1. The Hall–Kier alpha value is -3.62. The molecular weight excluding hydrogens is 452 g/mol. The molecular formula is C23H28N8O2S. The number of hydrogen-bond acceptors (Lipinski definition) is 8. The van der Waals surface area contributed by atoms with Crippen LogP contribution in [0.1, 0.15) is 42.6 Å². The van der Waals surface area contributed by atoms with Gasteiger partial charge >= 0.3 is 6.09 Å². The number of nitriles is 1. The molecule has 1 atom stereocenters. The minimum atomic E-state index is -0.651. The molecule has 0 spiro atoms. The highest BCUT2D eigenvalue weighted by molar-refractivity contribution is 7.59. The van der Waals surface area contributed by atoms with E-state index < -0.39 is 17.7 Å². The molecule has 0 aliphatic carbocycles. The largest absolute Gasteiger partial charge is 0.440 e. The van der Waals surface area contributed by atoms with Gasteiger partial charge in [-0.05, 0) is 39.6 Å². The molecule has 0 radical (unpaired) electrons. The number of likely N-dealkylation sites (N-methyl/N-ethyl adjacent to an activating group) is 1. The maximum atomic E-state index is 13.3. The second-order valence-corrected chi connectivity index (χ2v) is 8.62. The minimum Gasteiger partial charge on any atom is -0.440 e. The molecule has 3 aromatic rings. The van der Waals surface area contributed by atoms with E-state index in [0.717, 1.165) is 16.8 Å². The van der Waals surface area contributed by atoms with Gasteiger partial charge in [-0.15, -0.1) is 0 Å². The van der Waals surface area contributed by atoms with Gasteiger partial charge in [0.2, 0.25) is 5.82 Å². The number of aromatic amines is 1. The molecule has 11 heteroatoms. The maximum absolute atomic E-state index is 13.3. The molecule has 2 aromatic heterocycles. The van der Waals surface area contributed by atoms with E-state index in [2.05, 4.69) is 25.5 Å². The van der Waals surface area contributed by atoms with Gasteiger partial charge in [0.15, 0.2) is 5.82 Å². The zero-order chi connectivity index (χ0) is 23.6. The zero-order valence-corrected chi connectivity index (χ0v) is 20.5. The molecule has 0 bridgehead atoms. The Balaban J connectivity index is 0.00000324. The summed E-state index contributed by atoms with van der Waals surface area (Å²) in [6.07, 6.45) is 0.702. The minimum absolute atomic E-state index is 0. The smallest absolute Gasteiger partial charge is 0.411 e. The number of H-pyrrole nitrogens is 1. The molecule has 10 nitrogen and oxygen atoms in total. The molecule has 3 heterocycles. The number of benzene rings is 1. The number of nitrogens with one attached hydrogen (secondary N) is 2. The Bertz CT molecular complexity index is 1190. The number of amides is 1. The number of rotatable bonds is 6. The van der Waals surface area contributed by atoms with Gasteiger partial charge in [0, 0.05) is 18.3 Å². The summed E-state index contributed by atoms with van der Waals surface area (Å²) in [7, 11) is 3.89. The Morgan fingerprint density at radius 1 is 1.32 bits per heavy atom. The van der Waals surface area contributed by atoms with Gasteiger partial charge in [-0.1, -0.05) is 30.3 Å². The molecule has 1 aromatic carbocycles. The number of nitrogens with zero attached hydrogens (tertiary/aromatic N) is 6. The molecule has 178 valence electrons. The van der Waals surface area contributed by atoms with Gasteiger partial charge in [0.05, 0.1) is 17.8 Å². The molecule has 2 N–H and O–H groups in total. The van der Waals surface area contributed by atoms with Crippen molar-refractivity contribution >= 4 is 31.2 Å². The van der Waals surface area contributed by atoms with E-state index >= 15 is 0 Å². The van der Waals surface area contributed by atoms with Gasteiger partial charge in [0.25, 0.3) is 0 Å². The van der Waals surface area contributed by atoms with Crippen molar-refractivity contribution in [3.8, 4) is 6.07 Å². The number of carbonyl (C=O) groups is 1. The van der Waals surface area contributed by atoms with E-state index in [1.54, 1.807) is 11.0 Å². The second kappa shape index (κ2) is 10.1. The second-order valence-electron chi connectivity index (χ2n) is 8.62. The van der Waals surface area contributed by atoms with Crippen molar-refractivity contribution in [2.45, 2.75) is 32.0 Å². The first kappa shape index (κ1) is 25.0. The molecule has 1 aliphatic rings. The standard InChI is InChI=1S/C23H26N8O2.H2S/c1-23(2)20-16(21(29-28-20)27-18-10-11-25-19(12-24)26-18)13-31(23)22(32)33-17(14-30(3)4)15-8-6-5-7-9-15;/h5-11,17H,13-14H2,1-4H3,(H2,25,26,27,28,29);1H2/t17-;/m1./s1. The summed E-state index contributed by atoms with van der Waals surface area (Å²) in [5.74, 6) is 1.05. The number of fused-ring (bicyclic) bond motifs is 1. The van der Waals surface area contributed by atoms with Crippen molar-refractivity contribution in [3.05, 3.63) is 65.2 Å². The molecule has 34 heavy (non-hydrogen) atoms. The van der Waals surface area contributed by atoms with E-state index in [9.17, 15) is 4.79 Å². The first-order valence-corrected chi connectivity index (χ1v) is 10.6. The van der Waals surface area contributed by atoms with Gasteiger partial charge in [0.1, 0.15) is 18.0 Å². The van der Waals surface area contributed by atoms with Crippen LogP contribution in [-0.4, -0.2) is 56.7 Å². The Labute approximate surface area is 205 Å². The van der Waals surface area contributed by atoms with Crippen molar-refractivity contribution in [3.63, 3.8) is 0 Å². The van der Waals surface area contributed by atoms with Gasteiger partial charge in [-0.25, -0.2) is 14.8 Å². The average molecular weight is 481 g/mol. The van der Waals surface area contributed by atoms with Crippen LogP contribution in [0.3, 0.4) is 0 Å². The first-order valence-electron chi connectivity index (χ1n) is 10.6. The summed E-state index contributed by atoms with van der Waals surface area (Å²) in [5.41, 5.74) is 1.96. The predicted molar refractivity (Wildman–Crippen MR) is 132 cm³/mol. The van der Waals surface area contributed by atoms with Crippen LogP contribution in [0.2, 0.25) is 0 Å². The summed E-state index contributed by atoms with van der Waals surface area (Å²) in [6.45, 7) is 4.78. The van der Waals surface area contributed by atoms with E-state index in [0.29, 0.717) is 24.7 Å². The number of aromatic nitrogens is 4. The summed E-state index contributed by atoms with van der Waals surface area (Å²) in [6, 6.07) is 13.3. The topological polar surface area (TPSA) is 123 Å². The number of carbonyl (C=O) groups excluding carboxylic acids is 1. The predicted octanol–water partition coefficient (Wildman–Crippen LogP) is 3.42. The van der Waals surface area contributed by atoms with Crippen LogP contribution in [0, 0.1) is 11.3 Å². The monoisotopic (exact) mass is 480 g/mol. The number of hydrogen-bond donors (Lipinski definition) is 2. The zero-order valence-electron chi connectivity index (χ0n) is 19.5. The molecule has 1 aliphatic heterocycles. The molecule has 4 rings (SSSR count). The van der Waals surface area contributed by atoms with Crippen LogP contribution in [0.25, 0.3) is 0 Å². The lowest BCUT2D eigenvalue weighted by molar-refractivity contribution is 0.0259. The van der Waals surface area contributed by atoms with Crippen LogP contribution in [0.15, 0.2) is 42.6 Å². The highest BCUT2D eigenvalue weighted by Crippen LogP contribution is 2.41. The molecule has 0 saturated heterocycles. The molecule has 0 saturated carbocycles. The van der Waals surface area contributed by atoms with Gasteiger partial charge in [-0.3, -0.25) is 10.00 Å². The fourth-order valence-electron chi connectivity index (χ4n) is 3.91. The van der Waals surface area contributed by atoms with Gasteiger partial charge < -0.3 is 15.0 Å². The fourth-order valence-corrected chi connectivity index (χ4v) is 3.91. The number of anilines is 2. The van der Waals surface area contributed by atoms with E-state index in [-0.39, 0.29) is 19.3 Å². The lowest BCUT2D eigenvalue weighted by Crippen LogP contribution is -2.42. The van der Waals surface area contributed by atoms with E-state index in [4.69, 9.17) is 10.00 Å². The lowest BCUT2D eigenvalue weighted by Gasteiger charge is -2.33. The number of ether oxygens (including phenoxy) is 1. The van der Waals surface area contributed by atoms with Crippen molar-refractivity contribution in [2.75, 3.05) is 26.0 Å². The summed E-state index contributed by atoms with van der Waals surface area (Å²) in [4.78, 5) is 25.0. The van der Waals surface area contributed by atoms with Crippen LogP contribution in [-0.2, 0) is 16.8 Å². The lowest BCUT2D eigenvalue weighted by atomic mass is 10.0. The average Bonchev–Trinajstić information content (AvgIpc) is 3.31. The van der Waals surface area contributed by atoms with Crippen molar-refractivity contribution in [1.82, 2.24) is 30.0 Å². The molecule has 0 unspecified atom stereocenters.